The lowest BCUT2D eigenvalue weighted by atomic mass is 9.95. The second-order valence-corrected chi connectivity index (χ2v) is 8.68. The third kappa shape index (κ3) is 12.8. The minimum absolute atomic E-state index is 0.813. The lowest BCUT2D eigenvalue weighted by molar-refractivity contribution is 0.437. The summed E-state index contributed by atoms with van der Waals surface area (Å²) in [6.45, 7) is 9.46. The second kappa shape index (κ2) is 13.1. The molecule has 0 aromatic rings. The molecule has 1 unspecified atom stereocenters. The molecule has 136 valence electrons. The van der Waals surface area contributed by atoms with Gasteiger partial charge in [0.2, 0.25) is 0 Å². The summed E-state index contributed by atoms with van der Waals surface area (Å²) in [5.41, 5.74) is 1.71. The van der Waals surface area contributed by atoms with E-state index < -0.39 is 0 Å². The highest BCUT2D eigenvalue weighted by Gasteiger charge is 2.19. The largest absolute Gasteiger partial charge is 0.0853 e. The van der Waals surface area contributed by atoms with E-state index in [0.717, 1.165) is 17.8 Å². The molecule has 0 heteroatoms. The predicted molar refractivity (Wildman–Crippen MR) is 106 cm³/mol. The molecule has 1 aliphatic carbocycles. The van der Waals surface area contributed by atoms with Crippen LogP contribution in [-0.4, -0.2) is 0 Å². The van der Waals surface area contributed by atoms with Gasteiger partial charge < -0.3 is 0 Å². The Labute approximate surface area is 147 Å². The van der Waals surface area contributed by atoms with Crippen molar-refractivity contribution in [2.75, 3.05) is 0 Å². The van der Waals surface area contributed by atoms with Gasteiger partial charge in [-0.3, -0.25) is 0 Å². The van der Waals surface area contributed by atoms with Gasteiger partial charge in [-0.15, -0.1) is 0 Å². The average Bonchev–Trinajstić information content (AvgIpc) is 3.30. The Balaban J connectivity index is 1.96. The maximum atomic E-state index is 2.56. The van der Waals surface area contributed by atoms with Crippen molar-refractivity contribution in [3.8, 4) is 0 Å². The molecule has 1 rings (SSSR count). The summed E-state index contributed by atoms with van der Waals surface area (Å²) < 4.78 is 0. The zero-order chi connectivity index (χ0) is 16.9. The first-order valence-electron chi connectivity index (χ1n) is 10.8. The molecule has 0 aromatic heterocycles. The number of hydrogen-bond acceptors (Lipinski definition) is 0. The Kier molecular flexibility index (Phi) is 11.8. The number of rotatable bonds is 15. The van der Waals surface area contributed by atoms with Crippen LogP contribution in [0.3, 0.4) is 0 Å². The maximum absolute atomic E-state index is 2.56. The Morgan fingerprint density at radius 1 is 0.957 bits per heavy atom. The summed E-state index contributed by atoms with van der Waals surface area (Å²) >= 11 is 0. The van der Waals surface area contributed by atoms with Crippen molar-refractivity contribution in [1.29, 1.82) is 0 Å². The molecule has 1 atom stereocenters. The van der Waals surface area contributed by atoms with Crippen LogP contribution < -0.4 is 0 Å². The highest BCUT2D eigenvalue weighted by Crippen LogP contribution is 2.34. The third-order valence-corrected chi connectivity index (χ3v) is 5.33. The van der Waals surface area contributed by atoms with Crippen LogP contribution in [0.15, 0.2) is 11.6 Å². The first-order chi connectivity index (χ1) is 11.1. The molecule has 23 heavy (non-hydrogen) atoms. The fourth-order valence-electron chi connectivity index (χ4n) is 3.73. The van der Waals surface area contributed by atoms with E-state index in [1.165, 1.54) is 89.9 Å². The molecule has 0 aliphatic heterocycles. The van der Waals surface area contributed by atoms with Gasteiger partial charge in [-0.1, -0.05) is 104 Å². The standard InChI is InChI=1S/C23H44/c1-5-12-23(19-20(2)3)16-11-7-9-14-21(4)13-8-6-10-15-22-17-18-22/h16,20-22H,5-15,17-19H2,1-4H3. The van der Waals surface area contributed by atoms with E-state index in [2.05, 4.69) is 33.8 Å². The molecule has 0 nitrogen and oxygen atoms in total. The minimum Gasteiger partial charge on any atom is -0.0853 e. The van der Waals surface area contributed by atoms with Gasteiger partial charge in [-0.05, 0) is 43.4 Å². The van der Waals surface area contributed by atoms with Crippen LogP contribution in [0.1, 0.15) is 118 Å². The van der Waals surface area contributed by atoms with Gasteiger partial charge in [0, 0.05) is 0 Å². The summed E-state index contributed by atoms with van der Waals surface area (Å²) in [6, 6.07) is 0. The van der Waals surface area contributed by atoms with E-state index >= 15 is 0 Å². The van der Waals surface area contributed by atoms with Crippen LogP contribution in [0.25, 0.3) is 0 Å². The van der Waals surface area contributed by atoms with Crippen LogP contribution in [0.5, 0.6) is 0 Å². The molecular formula is C23H44. The quantitative estimate of drug-likeness (QED) is 0.210. The van der Waals surface area contributed by atoms with Gasteiger partial charge in [-0.2, -0.15) is 0 Å². The first kappa shape index (κ1) is 20.8. The molecule has 0 N–H and O–H groups in total. The van der Waals surface area contributed by atoms with Crippen molar-refractivity contribution in [3.63, 3.8) is 0 Å². The van der Waals surface area contributed by atoms with Crippen LogP contribution >= 0.6 is 0 Å². The molecule has 0 spiro atoms. The Hall–Kier alpha value is -0.260. The lowest BCUT2D eigenvalue weighted by Crippen LogP contribution is -1.95. The summed E-state index contributed by atoms with van der Waals surface area (Å²) in [7, 11) is 0. The Bertz CT molecular complexity index is 295. The summed E-state index contributed by atoms with van der Waals surface area (Å²) in [6.07, 6.45) is 22.6. The first-order valence-corrected chi connectivity index (χ1v) is 10.8. The van der Waals surface area contributed by atoms with Gasteiger partial charge in [-0.25, -0.2) is 0 Å². The van der Waals surface area contributed by atoms with Crippen LogP contribution in [0.2, 0.25) is 0 Å². The van der Waals surface area contributed by atoms with Crippen molar-refractivity contribution < 1.29 is 0 Å². The van der Waals surface area contributed by atoms with Crippen molar-refractivity contribution in [1.82, 2.24) is 0 Å². The highest BCUT2D eigenvalue weighted by molar-refractivity contribution is 5.02. The van der Waals surface area contributed by atoms with E-state index in [-0.39, 0.29) is 0 Å². The molecule has 0 bridgehead atoms. The van der Waals surface area contributed by atoms with Crippen molar-refractivity contribution in [2.24, 2.45) is 17.8 Å². The molecular weight excluding hydrogens is 276 g/mol. The SMILES string of the molecule is CCCC(=CCCCCC(C)CCCCCC1CC1)CC(C)C. The lowest BCUT2D eigenvalue weighted by Gasteiger charge is -2.11. The summed E-state index contributed by atoms with van der Waals surface area (Å²) in [5, 5.41) is 0. The molecule has 0 aromatic carbocycles. The zero-order valence-electron chi connectivity index (χ0n) is 16.7. The van der Waals surface area contributed by atoms with Gasteiger partial charge in [0.05, 0.1) is 0 Å². The fraction of sp³-hybridized carbons (Fsp3) is 0.913. The molecule has 1 fully saturated rings. The third-order valence-electron chi connectivity index (χ3n) is 5.33. The topological polar surface area (TPSA) is 0 Å². The highest BCUT2D eigenvalue weighted by atomic mass is 14.3. The van der Waals surface area contributed by atoms with Gasteiger partial charge >= 0.3 is 0 Å². The molecule has 0 amide bonds. The van der Waals surface area contributed by atoms with E-state index in [9.17, 15) is 0 Å². The minimum atomic E-state index is 0.813. The molecule has 1 aliphatic rings. The summed E-state index contributed by atoms with van der Waals surface area (Å²) in [4.78, 5) is 0. The number of unbranched alkanes of at least 4 members (excludes halogenated alkanes) is 4. The van der Waals surface area contributed by atoms with E-state index in [4.69, 9.17) is 0 Å². The van der Waals surface area contributed by atoms with E-state index in [1.807, 2.05) is 0 Å². The predicted octanol–water partition coefficient (Wildman–Crippen LogP) is 8.32. The van der Waals surface area contributed by atoms with Crippen LogP contribution in [0.4, 0.5) is 0 Å². The Morgan fingerprint density at radius 2 is 1.65 bits per heavy atom. The Morgan fingerprint density at radius 3 is 2.26 bits per heavy atom. The van der Waals surface area contributed by atoms with E-state index in [0.29, 0.717) is 0 Å². The van der Waals surface area contributed by atoms with Crippen molar-refractivity contribution >= 4 is 0 Å². The van der Waals surface area contributed by atoms with Gasteiger partial charge in [0.15, 0.2) is 0 Å². The maximum Gasteiger partial charge on any atom is -0.0297 e. The van der Waals surface area contributed by atoms with Crippen LogP contribution in [0, 0.1) is 17.8 Å². The zero-order valence-corrected chi connectivity index (χ0v) is 16.7. The molecule has 1 saturated carbocycles. The van der Waals surface area contributed by atoms with Crippen LogP contribution in [-0.2, 0) is 0 Å². The second-order valence-electron chi connectivity index (χ2n) is 8.68. The normalized spacial score (nSPS) is 17.0. The smallest absolute Gasteiger partial charge is 0.0297 e. The van der Waals surface area contributed by atoms with Crippen molar-refractivity contribution in [2.45, 2.75) is 118 Å². The van der Waals surface area contributed by atoms with Gasteiger partial charge in [0.25, 0.3) is 0 Å². The molecule has 0 radical (unpaired) electrons. The van der Waals surface area contributed by atoms with Crippen molar-refractivity contribution in [3.05, 3.63) is 11.6 Å². The monoisotopic (exact) mass is 320 g/mol. The summed E-state index contributed by atoms with van der Waals surface area (Å²) in [5.74, 6) is 2.90. The average molecular weight is 321 g/mol. The number of allylic oxidation sites excluding steroid dienone is 2. The van der Waals surface area contributed by atoms with Gasteiger partial charge in [0.1, 0.15) is 0 Å². The van der Waals surface area contributed by atoms with E-state index in [1.54, 1.807) is 5.57 Å². The fourth-order valence-corrected chi connectivity index (χ4v) is 3.73. The number of hydrogen-bond donors (Lipinski definition) is 0. The molecule has 0 heterocycles. The molecule has 0 saturated heterocycles.